The molecule has 0 fully saturated rings. The van der Waals surface area contributed by atoms with E-state index >= 15 is 0 Å². The number of hydrogen-bond acceptors (Lipinski definition) is 1. The molecule has 106 valence electrons. The lowest BCUT2D eigenvalue weighted by atomic mass is 10.1. The quantitative estimate of drug-likeness (QED) is 0.538. The summed E-state index contributed by atoms with van der Waals surface area (Å²) in [5.74, 6) is 0.177. The molecule has 1 aromatic carbocycles. The van der Waals surface area contributed by atoms with Crippen molar-refractivity contribution in [3.8, 4) is 0 Å². The van der Waals surface area contributed by atoms with Gasteiger partial charge in [0.25, 0.3) is 0 Å². The molecule has 0 aliphatic carbocycles. The fourth-order valence-electron chi connectivity index (χ4n) is 2.05. The van der Waals surface area contributed by atoms with Crippen molar-refractivity contribution in [2.45, 2.75) is 51.5 Å². The summed E-state index contributed by atoms with van der Waals surface area (Å²) in [7, 11) is 0. The maximum absolute atomic E-state index is 11.8. The average molecular weight is 326 g/mol. The molecule has 0 aliphatic rings. The number of carbonyl (C=O) groups is 1. The van der Waals surface area contributed by atoms with Crippen LogP contribution in [0.4, 0.5) is 0 Å². The summed E-state index contributed by atoms with van der Waals surface area (Å²) in [6.45, 7) is 2.18. The summed E-state index contributed by atoms with van der Waals surface area (Å²) in [4.78, 5) is 11.8. The van der Waals surface area contributed by atoms with Crippen LogP contribution in [0.15, 0.2) is 30.3 Å². The highest BCUT2D eigenvalue weighted by molar-refractivity contribution is 9.09. The monoisotopic (exact) mass is 325 g/mol. The predicted octanol–water partition coefficient (Wildman–Crippen LogP) is 4.08. The maximum Gasteiger partial charge on any atom is 0.220 e. The molecule has 0 aliphatic heterocycles. The van der Waals surface area contributed by atoms with Crippen LogP contribution < -0.4 is 5.32 Å². The zero-order valence-electron chi connectivity index (χ0n) is 11.7. The van der Waals surface area contributed by atoms with Crippen LogP contribution in [0, 0.1) is 0 Å². The molecule has 2 nitrogen and oxygen atoms in total. The van der Waals surface area contributed by atoms with Gasteiger partial charge in [-0.1, -0.05) is 72.4 Å². The molecule has 1 atom stereocenters. The van der Waals surface area contributed by atoms with E-state index in [-0.39, 0.29) is 11.9 Å². The van der Waals surface area contributed by atoms with Gasteiger partial charge in [-0.05, 0) is 18.4 Å². The molecule has 0 saturated carbocycles. The molecule has 0 radical (unpaired) electrons. The van der Waals surface area contributed by atoms with Crippen LogP contribution in [-0.4, -0.2) is 17.3 Å². The van der Waals surface area contributed by atoms with E-state index in [0.717, 1.165) is 24.6 Å². The zero-order chi connectivity index (χ0) is 13.9. The van der Waals surface area contributed by atoms with Gasteiger partial charge in [-0.25, -0.2) is 0 Å². The molecule has 0 spiro atoms. The Bertz CT molecular complexity index is 353. The minimum Gasteiger partial charge on any atom is -0.352 e. The van der Waals surface area contributed by atoms with E-state index < -0.39 is 0 Å². The van der Waals surface area contributed by atoms with E-state index in [2.05, 4.69) is 40.3 Å². The van der Waals surface area contributed by atoms with Crippen molar-refractivity contribution in [3.05, 3.63) is 35.9 Å². The van der Waals surface area contributed by atoms with E-state index in [9.17, 15) is 4.79 Å². The molecule has 0 saturated heterocycles. The third-order valence-corrected chi connectivity index (χ3v) is 3.92. The second-order valence-corrected chi connectivity index (χ2v) is 5.57. The van der Waals surface area contributed by atoms with Crippen LogP contribution >= 0.6 is 15.9 Å². The first kappa shape index (κ1) is 16.2. The number of nitrogens with one attached hydrogen (secondary N) is 1. The highest BCUT2D eigenvalue weighted by atomic mass is 79.9. The van der Waals surface area contributed by atoms with Gasteiger partial charge in [0.1, 0.15) is 0 Å². The molecule has 0 heterocycles. The zero-order valence-corrected chi connectivity index (χ0v) is 13.3. The highest BCUT2D eigenvalue weighted by Gasteiger charge is 2.11. The van der Waals surface area contributed by atoms with Crippen molar-refractivity contribution >= 4 is 21.8 Å². The summed E-state index contributed by atoms with van der Waals surface area (Å²) < 4.78 is 0. The first-order valence-corrected chi connectivity index (χ1v) is 8.27. The van der Waals surface area contributed by atoms with Gasteiger partial charge in [0.2, 0.25) is 5.91 Å². The Labute approximate surface area is 125 Å². The normalized spacial score (nSPS) is 12.1. The molecule has 1 N–H and O–H groups in total. The van der Waals surface area contributed by atoms with Crippen LogP contribution in [0.25, 0.3) is 0 Å². The summed E-state index contributed by atoms with van der Waals surface area (Å²) in [5.41, 5.74) is 1.26. The Morgan fingerprint density at radius 1 is 1.21 bits per heavy atom. The number of unbranched alkanes of at least 4 members (excludes halogenated alkanes) is 3. The van der Waals surface area contributed by atoms with Gasteiger partial charge in [-0.2, -0.15) is 0 Å². The number of carbonyl (C=O) groups excluding carboxylic acids is 1. The van der Waals surface area contributed by atoms with Crippen LogP contribution in [-0.2, 0) is 11.2 Å². The van der Waals surface area contributed by atoms with Gasteiger partial charge < -0.3 is 5.32 Å². The van der Waals surface area contributed by atoms with Crippen molar-refractivity contribution < 1.29 is 4.79 Å². The molecule has 0 bridgehead atoms. The Hall–Kier alpha value is -0.830. The van der Waals surface area contributed by atoms with Crippen LogP contribution in [0.5, 0.6) is 0 Å². The van der Waals surface area contributed by atoms with Crippen molar-refractivity contribution in [3.63, 3.8) is 0 Å². The SMILES string of the molecule is CCCCCCC(=O)NC(CBr)Cc1ccccc1. The number of alkyl halides is 1. The van der Waals surface area contributed by atoms with Gasteiger partial charge in [0, 0.05) is 17.8 Å². The Balaban J connectivity index is 2.29. The predicted molar refractivity (Wildman–Crippen MR) is 84.6 cm³/mol. The summed E-state index contributed by atoms with van der Waals surface area (Å²) in [5, 5.41) is 3.90. The van der Waals surface area contributed by atoms with E-state index in [4.69, 9.17) is 0 Å². The maximum atomic E-state index is 11.8. The molecule has 1 amide bonds. The fourth-order valence-corrected chi connectivity index (χ4v) is 2.45. The third kappa shape index (κ3) is 7.36. The smallest absolute Gasteiger partial charge is 0.220 e. The molecule has 1 rings (SSSR count). The largest absolute Gasteiger partial charge is 0.352 e. The summed E-state index contributed by atoms with van der Waals surface area (Å²) in [6, 6.07) is 10.5. The number of halogens is 1. The van der Waals surface area contributed by atoms with Crippen molar-refractivity contribution in [2.24, 2.45) is 0 Å². The highest BCUT2D eigenvalue weighted by Crippen LogP contribution is 2.07. The number of amides is 1. The molecule has 1 unspecified atom stereocenters. The van der Waals surface area contributed by atoms with Gasteiger partial charge >= 0.3 is 0 Å². The average Bonchev–Trinajstić information content (AvgIpc) is 2.44. The number of hydrogen-bond donors (Lipinski definition) is 1. The van der Waals surface area contributed by atoms with Crippen molar-refractivity contribution in [1.29, 1.82) is 0 Å². The summed E-state index contributed by atoms with van der Waals surface area (Å²) >= 11 is 3.48. The molecule has 3 heteroatoms. The van der Waals surface area contributed by atoms with Crippen LogP contribution in [0.3, 0.4) is 0 Å². The topological polar surface area (TPSA) is 29.1 Å². The van der Waals surface area contributed by atoms with E-state index in [1.54, 1.807) is 0 Å². The summed E-state index contributed by atoms with van der Waals surface area (Å²) in [6.07, 6.45) is 6.12. The van der Waals surface area contributed by atoms with Crippen molar-refractivity contribution in [1.82, 2.24) is 5.32 Å². The molecular formula is C16H24BrNO. The van der Waals surface area contributed by atoms with Crippen molar-refractivity contribution in [2.75, 3.05) is 5.33 Å². The van der Waals surface area contributed by atoms with E-state index in [1.165, 1.54) is 18.4 Å². The Morgan fingerprint density at radius 3 is 2.58 bits per heavy atom. The van der Waals surface area contributed by atoms with Crippen LogP contribution in [0.2, 0.25) is 0 Å². The molecule has 0 aromatic heterocycles. The molecule has 19 heavy (non-hydrogen) atoms. The van der Waals surface area contributed by atoms with Crippen LogP contribution in [0.1, 0.15) is 44.6 Å². The van der Waals surface area contributed by atoms with Gasteiger partial charge in [-0.15, -0.1) is 0 Å². The lowest BCUT2D eigenvalue weighted by molar-refractivity contribution is -0.121. The first-order chi connectivity index (χ1) is 9.26. The van der Waals surface area contributed by atoms with Gasteiger partial charge in [0.15, 0.2) is 0 Å². The number of benzene rings is 1. The minimum atomic E-state index is 0.177. The second kappa shape index (κ2) is 10.0. The standard InChI is InChI=1S/C16H24BrNO/c1-2-3-4-8-11-16(19)18-15(13-17)12-14-9-6-5-7-10-14/h5-7,9-10,15H,2-4,8,11-13H2,1H3,(H,18,19). The molecule has 1 aromatic rings. The second-order valence-electron chi connectivity index (χ2n) is 4.92. The first-order valence-electron chi connectivity index (χ1n) is 7.15. The lowest BCUT2D eigenvalue weighted by Gasteiger charge is -2.16. The lowest BCUT2D eigenvalue weighted by Crippen LogP contribution is -2.37. The third-order valence-electron chi connectivity index (χ3n) is 3.13. The Morgan fingerprint density at radius 2 is 1.95 bits per heavy atom. The van der Waals surface area contributed by atoms with Gasteiger partial charge in [-0.3, -0.25) is 4.79 Å². The van der Waals surface area contributed by atoms with Gasteiger partial charge in [0.05, 0.1) is 0 Å². The van der Waals surface area contributed by atoms with E-state index in [0.29, 0.717) is 6.42 Å². The van der Waals surface area contributed by atoms with E-state index in [1.807, 2.05) is 18.2 Å². The fraction of sp³-hybridized carbons (Fsp3) is 0.562. The minimum absolute atomic E-state index is 0.177. The number of rotatable bonds is 9. The Kier molecular flexibility index (Phi) is 8.55. The molecular weight excluding hydrogens is 302 g/mol.